The summed E-state index contributed by atoms with van der Waals surface area (Å²) in [5.41, 5.74) is 1.71. The van der Waals surface area contributed by atoms with Crippen LogP contribution in [0.5, 0.6) is 0 Å². The number of H-pyrrole nitrogens is 1. The van der Waals surface area contributed by atoms with E-state index in [2.05, 4.69) is 25.1 Å². The molecule has 3 aromatic heterocycles. The van der Waals surface area contributed by atoms with Crippen LogP contribution in [0.15, 0.2) is 54.0 Å². The summed E-state index contributed by atoms with van der Waals surface area (Å²) in [6.45, 7) is 0.468. The van der Waals surface area contributed by atoms with Crippen LogP contribution in [-0.2, 0) is 6.54 Å². The van der Waals surface area contributed by atoms with Crippen LogP contribution in [0.3, 0.4) is 0 Å². The Kier molecular flexibility index (Phi) is 2.80. The zero-order chi connectivity index (χ0) is 16.8. The van der Waals surface area contributed by atoms with Gasteiger partial charge in [-0.05, 0) is 0 Å². The molecule has 1 aromatic carbocycles. The highest BCUT2D eigenvalue weighted by Crippen LogP contribution is 2.25. The lowest BCUT2D eigenvalue weighted by atomic mass is 10.1. The van der Waals surface area contributed by atoms with Crippen molar-refractivity contribution in [1.29, 1.82) is 0 Å². The second kappa shape index (κ2) is 5.13. The molecule has 0 atom stereocenters. The number of benzene rings is 1. The molecule has 9 nitrogen and oxygen atoms in total. The number of aromatic amines is 1. The van der Waals surface area contributed by atoms with Gasteiger partial charge >= 0.3 is 0 Å². The van der Waals surface area contributed by atoms with E-state index < -0.39 is 0 Å². The van der Waals surface area contributed by atoms with Crippen molar-refractivity contribution in [1.82, 2.24) is 34.6 Å². The maximum Gasteiger partial charge on any atom is 0.262 e. The molecule has 0 saturated carbocycles. The first-order chi connectivity index (χ1) is 12.3. The van der Waals surface area contributed by atoms with Gasteiger partial charge in [-0.3, -0.25) is 9.80 Å². The predicted octanol–water partition coefficient (Wildman–Crippen LogP) is 0.958. The summed E-state index contributed by atoms with van der Waals surface area (Å²) >= 11 is 0. The molecule has 4 heterocycles. The Morgan fingerprint density at radius 1 is 1.08 bits per heavy atom. The van der Waals surface area contributed by atoms with Crippen LogP contribution >= 0.6 is 0 Å². The lowest BCUT2D eigenvalue weighted by Gasteiger charge is -2.22. The molecule has 1 aliphatic rings. The molecule has 1 aliphatic heterocycles. The Balaban J connectivity index is 1.73. The minimum Gasteiger partial charge on any atom is -0.312 e. The molecular weight excluding hydrogens is 320 g/mol. The fourth-order valence-electron chi connectivity index (χ4n) is 2.90. The van der Waals surface area contributed by atoms with Gasteiger partial charge in [-0.2, -0.15) is 9.89 Å². The highest BCUT2D eigenvalue weighted by Gasteiger charge is 2.22. The Bertz CT molecular complexity index is 1150. The molecule has 0 unspecified atom stereocenters. The fraction of sp³-hybridized carbons (Fsp3) is 0.0625. The van der Waals surface area contributed by atoms with Crippen molar-refractivity contribution in [3.05, 3.63) is 65.4 Å². The van der Waals surface area contributed by atoms with Crippen LogP contribution in [0.4, 0.5) is 0 Å². The van der Waals surface area contributed by atoms with Gasteiger partial charge in [0.25, 0.3) is 5.56 Å². The number of rotatable bonds is 2. The first-order valence-corrected chi connectivity index (χ1v) is 7.67. The lowest BCUT2D eigenvalue weighted by molar-refractivity contribution is 0.586. The highest BCUT2D eigenvalue weighted by atomic mass is 16.1. The van der Waals surface area contributed by atoms with Gasteiger partial charge < -0.3 is 4.98 Å². The maximum absolute atomic E-state index is 12.4. The molecule has 5 rings (SSSR count). The topological polar surface area (TPSA) is 97.5 Å². The van der Waals surface area contributed by atoms with Gasteiger partial charge in [0, 0.05) is 18.0 Å². The second-order valence-electron chi connectivity index (χ2n) is 5.55. The molecule has 0 fully saturated rings. The summed E-state index contributed by atoms with van der Waals surface area (Å²) in [6, 6.07) is 9.58. The molecule has 0 amide bonds. The number of nitrogens with one attached hydrogen (secondary N) is 1. The Labute approximate surface area is 140 Å². The summed E-state index contributed by atoms with van der Waals surface area (Å²) in [7, 11) is 0. The Hall–Kier alpha value is -3.75. The molecule has 0 bridgehead atoms. The lowest BCUT2D eigenvalue weighted by Crippen LogP contribution is -2.33. The molecule has 0 aliphatic carbocycles. The third-order valence-corrected chi connectivity index (χ3v) is 4.08. The van der Waals surface area contributed by atoms with E-state index in [0.717, 1.165) is 11.4 Å². The minimum atomic E-state index is -0.223. The summed E-state index contributed by atoms with van der Waals surface area (Å²) < 4.78 is 1.69. The third-order valence-electron chi connectivity index (χ3n) is 4.08. The quantitative estimate of drug-likeness (QED) is 0.587. The van der Waals surface area contributed by atoms with Gasteiger partial charge in [0.2, 0.25) is 0 Å². The zero-order valence-electron chi connectivity index (χ0n) is 12.9. The van der Waals surface area contributed by atoms with Crippen molar-refractivity contribution in [3.63, 3.8) is 0 Å². The van der Waals surface area contributed by atoms with E-state index in [9.17, 15) is 4.79 Å². The molecule has 4 aromatic rings. The van der Waals surface area contributed by atoms with E-state index in [1.54, 1.807) is 15.7 Å². The van der Waals surface area contributed by atoms with Gasteiger partial charge in [0.05, 0.1) is 6.33 Å². The molecule has 0 radical (unpaired) electrons. The Morgan fingerprint density at radius 2 is 1.96 bits per heavy atom. The van der Waals surface area contributed by atoms with E-state index in [0.29, 0.717) is 23.3 Å². The van der Waals surface area contributed by atoms with E-state index in [-0.39, 0.29) is 5.56 Å². The van der Waals surface area contributed by atoms with Crippen molar-refractivity contribution in [2.45, 2.75) is 6.54 Å². The van der Waals surface area contributed by atoms with Crippen LogP contribution in [0.2, 0.25) is 0 Å². The van der Waals surface area contributed by atoms with Gasteiger partial charge in [-0.25, -0.2) is 14.6 Å². The van der Waals surface area contributed by atoms with Gasteiger partial charge in [-0.1, -0.05) is 30.3 Å². The van der Waals surface area contributed by atoms with Crippen LogP contribution < -0.4 is 10.6 Å². The monoisotopic (exact) mass is 332 g/mol. The smallest absolute Gasteiger partial charge is 0.262 e. The highest BCUT2D eigenvalue weighted by molar-refractivity contribution is 5.90. The molecule has 9 heteroatoms. The standard InChI is InChI=1S/C16H12N8O/c25-16-13-14(11-4-2-1-3-5-11)21-24(15(13)18-9-19-16)22-6-7-23-12(8-22)17-10-20-23/h1-7,9-10H,8H2,(H,18,19,25). The molecule has 25 heavy (non-hydrogen) atoms. The minimum absolute atomic E-state index is 0.223. The fourth-order valence-corrected chi connectivity index (χ4v) is 2.90. The van der Waals surface area contributed by atoms with Crippen molar-refractivity contribution in [2.24, 2.45) is 0 Å². The third kappa shape index (κ3) is 2.06. The van der Waals surface area contributed by atoms with Crippen molar-refractivity contribution in [2.75, 3.05) is 5.01 Å². The van der Waals surface area contributed by atoms with E-state index in [1.807, 2.05) is 41.5 Å². The average molecular weight is 332 g/mol. The summed E-state index contributed by atoms with van der Waals surface area (Å²) in [5.74, 6) is 0.775. The van der Waals surface area contributed by atoms with E-state index in [1.165, 1.54) is 12.7 Å². The van der Waals surface area contributed by atoms with Crippen LogP contribution in [0.1, 0.15) is 5.82 Å². The first-order valence-electron chi connectivity index (χ1n) is 7.67. The number of fused-ring (bicyclic) bond motifs is 2. The number of nitrogens with zero attached hydrogens (tertiary/aromatic N) is 7. The van der Waals surface area contributed by atoms with Gasteiger partial charge in [-0.15, -0.1) is 5.10 Å². The largest absolute Gasteiger partial charge is 0.312 e. The number of hydrogen-bond acceptors (Lipinski definition) is 6. The Morgan fingerprint density at radius 3 is 2.84 bits per heavy atom. The summed E-state index contributed by atoms with van der Waals surface area (Å²) in [4.78, 5) is 25.2. The second-order valence-corrected chi connectivity index (χ2v) is 5.55. The SMILES string of the molecule is O=c1[nH]cnc2c1c(-c1ccccc1)nn2N1C=Cn2ncnc2C1. The zero-order valence-corrected chi connectivity index (χ0v) is 12.9. The van der Waals surface area contributed by atoms with Crippen LogP contribution in [0, 0.1) is 0 Å². The normalized spacial score (nSPS) is 13.4. The van der Waals surface area contributed by atoms with Gasteiger partial charge in [0.15, 0.2) is 11.5 Å². The summed E-state index contributed by atoms with van der Waals surface area (Å²) in [5, 5.41) is 11.1. The molecule has 0 spiro atoms. The molecule has 0 saturated heterocycles. The first kappa shape index (κ1) is 13.7. The predicted molar refractivity (Wildman–Crippen MR) is 90.9 cm³/mol. The summed E-state index contributed by atoms with van der Waals surface area (Å²) in [6.07, 6.45) is 6.50. The number of hydrogen-bond donors (Lipinski definition) is 1. The molecule has 1 N–H and O–H groups in total. The van der Waals surface area contributed by atoms with Crippen molar-refractivity contribution < 1.29 is 0 Å². The molecular formula is C16H12N8O. The van der Waals surface area contributed by atoms with Crippen LogP contribution in [-0.4, -0.2) is 34.6 Å². The average Bonchev–Trinajstić information content (AvgIpc) is 3.27. The molecule has 122 valence electrons. The van der Waals surface area contributed by atoms with Crippen LogP contribution in [0.25, 0.3) is 28.5 Å². The number of aromatic nitrogens is 7. The maximum atomic E-state index is 12.4. The van der Waals surface area contributed by atoms with Crippen molar-refractivity contribution >= 4 is 17.2 Å². The van der Waals surface area contributed by atoms with Crippen molar-refractivity contribution in [3.8, 4) is 11.3 Å². The van der Waals surface area contributed by atoms with Gasteiger partial charge in [0.1, 0.15) is 24.0 Å². The van der Waals surface area contributed by atoms with E-state index in [4.69, 9.17) is 0 Å². The van der Waals surface area contributed by atoms with E-state index >= 15 is 0 Å².